The van der Waals surface area contributed by atoms with Crippen molar-refractivity contribution in [3.05, 3.63) is 24.5 Å². The lowest BCUT2D eigenvalue weighted by Crippen LogP contribution is -2.26. The average Bonchev–Trinajstić information content (AvgIpc) is 2.55. The molecule has 0 spiro atoms. The van der Waals surface area contributed by atoms with E-state index in [4.69, 9.17) is 4.74 Å². The molecule has 4 nitrogen and oxygen atoms in total. The van der Waals surface area contributed by atoms with E-state index in [0.717, 1.165) is 15.1 Å². The molecule has 0 aliphatic heterocycles. The van der Waals surface area contributed by atoms with E-state index in [1.807, 2.05) is 32.9 Å². The molecule has 2 aromatic rings. The number of aromatic nitrogens is 1. The summed E-state index contributed by atoms with van der Waals surface area (Å²) in [5.74, 6) is 0. The quantitative estimate of drug-likeness (QED) is 0.840. The van der Waals surface area contributed by atoms with Gasteiger partial charge in [0, 0.05) is 22.5 Å². The van der Waals surface area contributed by atoms with Crippen molar-refractivity contribution >= 4 is 32.5 Å². The molecule has 0 aliphatic rings. The zero-order chi connectivity index (χ0) is 12.5. The van der Waals surface area contributed by atoms with E-state index in [0.29, 0.717) is 0 Å². The van der Waals surface area contributed by atoms with Crippen LogP contribution in [0.15, 0.2) is 24.5 Å². The number of pyridine rings is 1. The fraction of sp³-hybridized carbons (Fsp3) is 0.333. The van der Waals surface area contributed by atoms with Crippen LogP contribution in [0.4, 0.5) is 9.80 Å². The van der Waals surface area contributed by atoms with Crippen molar-refractivity contribution in [2.45, 2.75) is 26.4 Å². The molecule has 0 aromatic carbocycles. The highest BCUT2D eigenvalue weighted by molar-refractivity contribution is 7.22. The van der Waals surface area contributed by atoms with Crippen LogP contribution in [0.25, 0.3) is 10.1 Å². The van der Waals surface area contributed by atoms with Gasteiger partial charge in [-0.2, -0.15) is 0 Å². The molecule has 2 rings (SSSR count). The summed E-state index contributed by atoms with van der Waals surface area (Å²) in [5.41, 5.74) is -0.484. The minimum atomic E-state index is -0.484. The molecule has 1 amide bonds. The maximum Gasteiger partial charge on any atom is 0.412 e. The Kier molecular flexibility index (Phi) is 3.02. The van der Waals surface area contributed by atoms with E-state index in [1.54, 1.807) is 12.4 Å². The van der Waals surface area contributed by atoms with Crippen molar-refractivity contribution in [2.75, 3.05) is 5.32 Å². The number of hydrogen-bond donors (Lipinski definition) is 1. The second-order valence-electron chi connectivity index (χ2n) is 4.65. The van der Waals surface area contributed by atoms with Gasteiger partial charge in [0.1, 0.15) is 5.60 Å². The largest absolute Gasteiger partial charge is 0.444 e. The highest BCUT2D eigenvalue weighted by Crippen LogP contribution is 2.29. The Bertz CT molecular complexity index is 510. The number of rotatable bonds is 1. The monoisotopic (exact) mass is 250 g/mol. The summed E-state index contributed by atoms with van der Waals surface area (Å²) in [6, 6.07) is 3.80. The van der Waals surface area contributed by atoms with Gasteiger partial charge in [-0.25, -0.2) is 4.79 Å². The molecule has 5 heteroatoms. The lowest BCUT2D eigenvalue weighted by molar-refractivity contribution is 0.0636. The van der Waals surface area contributed by atoms with Crippen LogP contribution in [0.1, 0.15) is 20.8 Å². The number of ether oxygens (including phenoxy) is 1. The third-order valence-electron chi connectivity index (χ3n) is 1.94. The van der Waals surface area contributed by atoms with E-state index < -0.39 is 11.7 Å². The molecule has 0 saturated carbocycles. The number of anilines is 1. The molecule has 0 saturated heterocycles. The van der Waals surface area contributed by atoms with Crippen molar-refractivity contribution in [2.24, 2.45) is 0 Å². The van der Waals surface area contributed by atoms with Crippen LogP contribution in [0.5, 0.6) is 0 Å². The molecule has 0 radical (unpaired) electrons. The first kappa shape index (κ1) is 11.9. The Labute approximate surface area is 104 Å². The maximum atomic E-state index is 11.6. The summed E-state index contributed by atoms with van der Waals surface area (Å²) in [6.07, 6.45) is 3.07. The van der Waals surface area contributed by atoms with E-state index in [1.165, 1.54) is 11.3 Å². The SMILES string of the molecule is CC(C)(C)OC(=O)Nc1cc2cnccc2s1. The van der Waals surface area contributed by atoms with Gasteiger partial charge in [-0.1, -0.05) is 0 Å². The first-order valence-electron chi connectivity index (χ1n) is 5.28. The minimum absolute atomic E-state index is 0.433. The van der Waals surface area contributed by atoms with Gasteiger partial charge in [0.15, 0.2) is 0 Å². The molecule has 2 heterocycles. The summed E-state index contributed by atoms with van der Waals surface area (Å²) >= 11 is 1.50. The minimum Gasteiger partial charge on any atom is -0.444 e. The van der Waals surface area contributed by atoms with Gasteiger partial charge in [0.05, 0.1) is 5.00 Å². The molecule has 17 heavy (non-hydrogen) atoms. The van der Waals surface area contributed by atoms with Crippen molar-refractivity contribution in [1.82, 2.24) is 4.98 Å². The second kappa shape index (κ2) is 4.33. The van der Waals surface area contributed by atoms with Gasteiger partial charge in [-0.3, -0.25) is 10.3 Å². The zero-order valence-electron chi connectivity index (χ0n) is 9.98. The standard InChI is InChI=1S/C12H14N2O2S/c1-12(2,3)16-11(15)14-10-6-8-7-13-5-4-9(8)17-10/h4-7H,1-3H3,(H,14,15). The topological polar surface area (TPSA) is 51.2 Å². The zero-order valence-corrected chi connectivity index (χ0v) is 10.8. The van der Waals surface area contributed by atoms with Crippen LogP contribution in [-0.2, 0) is 4.74 Å². The summed E-state index contributed by atoms with van der Waals surface area (Å²) in [7, 11) is 0. The van der Waals surface area contributed by atoms with Gasteiger partial charge in [0.25, 0.3) is 0 Å². The molecule has 0 bridgehead atoms. The maximum absolute atomic E-state index is 11.6. The summed E-state index contributed by atoms with van der Waals surface area (Å²) in [4.78, 5) is 15.6. The van der Waals surface area contributed by atoms with Crippen LogP contribution in [-0.4, -0.2) is 16.7 Å². The van der Waals surface area contributed by atoms with Gasteiger partial charge in [-0.05, 0) is 32.9 Å². The number of hydrogen-bond acceptors (Lipinski definition) is 4. The summed E-state index contributed by atoms with van der Waals surface area (Å²) < 4.78 is 6.27. The number of thiophene rings is 1. The summed E-state index contributed by atoms with van der Waals surface area (Å²) in [5, 5.41) is 4.50. The molecule has 1 N–H and O–H groups in total. The number of fused-ring (bicyclic) bond motifs is 1. The molecule has 0 unspecified atom stereocenters. The third-order valence-corrected chi connectivity index (χ3v) is 2.97. The molecule has 2 aromatic heterocycles. The van der Waals surface area contributed by atoms with Gasteiger partial charge >= 0.3 is 6.09 Å². The van der Waals surface area contributed by atoms with Crippen LogP contribution >= 0.6 is 11.3 Å². The van der Waals surface area contributed by atoms with Crippen molar-refractivity contribution in [1.29, 1.82) is 0 Å². The summed E-state index contributed by atoms with van der Waals surface area (Å²) in [6.45, 7) is 5.50. The molecular weight excluding hydrogens is 236 g/mol. The predicted octanol–water partition coefficient (Wildman–Crippen LogP) is 3.64. The Balaban J connectivity index is 2.11. The highest BCUT2D eigenvalue weighted by Gasteiger charge is 2.16. The molecule has 0 fully saturated rings. The second-order valence-corrected chi connectivity index (χ2v) is 5.73. The van der Waals surface area contributed by atoms with Crippen molar-refractivity contribution < 1.29 is 9.53 Å². The van der Waals surface area contributed by atoms with E-state index in [9.17, 15) is 4.79 Å². The van der Waals surface area contributed by atoms with Gasteiger partial charge in [0.2, 0.25) is 0 Å². The van der Waals surface area contributed by atoms with Crippen LogP contribution in [0.3, 0.4) is 0 Å². The Morgan fingerprint density at radius 1 is 1.47 bits per heavy atom. The number of carbonyl (C=O) groups is 1. The molecule has 90 valence electrons. The van der Waals surface area contributed by atoms with Gasteiger partial charge < -0.3 is 4.74 Å². The number of nitrogens with one attached hydrogen (secondary N) is 1. The van der Waals surface area contributed by atoms with E-state index >= 15 is 0 Å². The average molecular weight is 250 g/mol. The Hall–Kier alpha value is -1.62. The van der Waals surface area contributed by atoms with Crippen LogP contribution < -0.4 is 5.32 Å². The van der Waals surface area contributed by atoms with Crippen LogP contribution in [0.2, 0.25) is 0 Å². The van der Waals surface area contributed by atoms with Crippen molar-refractivity contribution in [3.63, 3.8) is 0 Å². The lowest BCUT2D eigenvalue weighted by Gasteiger charge is -2.19. The molecule has 0 aliphatic carbocycles. The third kappa shape index (κ3) is 3.17. The van der Waals surface area contributed by atoms with E-state index in [-0.39, 0.29) is 0 Å². The fourth-order valence-electron chi connectivity index (χ4n) is 1.35. The van der Waals surface area contributed by atoms with Crippen molar-refractivity contribution in [3.8, 4) is 0 Å². The first-order valence-corrected chi connectivity index (χ1v) is 6.09. The van der Waals surface area contributed by atoms with Gasteiger partial charge in [-0.15, -0.1) is 11.3 Å². The molecular formula is C12H14N2O2S. The van der Waals surface area contributed by atoms with Crippen LogP contribution in [0, 0.1) is 0 Å². The molecule has 0 atom stereocenters. The Morgan fingerprint density at radius 3 is 2.88 bits per heavy atom. The number of carbonyl (C=O) groups excluding carboxylic acids is 1. The first-order chi connectivity index (χ1) is 7.94. The number of nitrogens with zero attached hydrogens (tertiary/aromatic N) is 1. The smallest absolute Gasteiger partial charge is 0.412 e. The Morgan fingerprint density at radius 2 is 2.24 bits per heavy atom. The highest BCUT2D eigenvalue weighted by atomic mass is 32.1. The predicted molar refractivity (Wildman–Crippen MR) is 69.5 cm³/mol. The lowest BCUT2D eigenvalue weighted by atomic mass is 10.2. The van der Waals surface area contributed by atoms with E-state index in [2.05, 4.69) is 10.3 Å². The normalized spacial score (nSPS) is 11.5. The fourth-order valence-corrected chi connectivity index (χ4v) is 2.27. The number of amides is 1.